The third kappa shape index (κ3) is 6.42. The minimum absolute atomic E-state index is 0.0168. The van der Waals surface area contributed by atoms with Gasteiger partial charge in [0, 0.05) is 12.3 Å². The van der Waals surface area contributed by atoms with Crippen molar-refractivity contribution in [3.63, 3.8) is 0 Å². The molecular weight excluding hydrogens is 544 g/mol. The highest BCUT2D eigenvalue weighted by Crippen LogP contribution is 2.53. The molecule has 2 aliphatic rings. The number of fused-ring (bicyclic) bond motifs is 1. The van der Waals surface area contributed by atoms with Crippen LogP contribution in [0.5, 0.6) is 17.2 Å². The number of ether oxygens (including phenoxy) is 3. The Balaban J connectivity index is 1.51. The molecule has 0 aliphatic carbocycles. The normalized spacial score (nSPS) is 24.7. The SMILES string of the molecule is CC(C)OC(=O)[C@H](C)C[P@@](=O)(OC[C@H]1S[C@@H](n2ccc(N)nc2=O)[C@@H](F)[C@@H]1O)Oc1ccc2c(c1)OCO2. The highest BCUT2D eigenvalue weighted by Gasteiger charge is 2.46. The predicted octanol–water partition coefficient (Wildman–Crippen LogP) is 2.74. The van der Waals surface area contributed by atoms with Crippen molar-refractivity contribution < 1.29 is 42.1 Å². The van der Waals surface area contributed by atoms with E-state index < -0.39 is 54.7 Å². The lowest BCUT2D eigenvalue weighted by molar-refractivity contribution is -0.151. The lowest BCUT2D eigenvalue weighted by atomic mass is 10.1. The molecule has 1 aromatic heterocycles. The first-order valence-corrected chi connectivity index (χ1v) is 14.5. The van der Waals surface area contributed by atoms with E-state index in [1.165, 1.54) is 31.3 Å². The van der Waals surface area contributed by atoms with Gasteiger partial charge in [-0.25, -0.2) is 13.8 Å². The fourth-order valence-corrected chi connectivity index (χ4v) is 7.24. The zero-order valence-corrected chi connectivity index (χ0v) is 22.6. The number of alkyl halides is 1. The molecule has 0 radical (unpaired) electrons. The molecule has 3 heterocycles. The first kappa shape index (κ1) is 28.2. The van der Waals surface area contributed by atoms with Gasteiger partial charge in [0.1, 0.15) is 23.0 Å². The number of esters is 1. The average molecular weight is 574 g/mol. The maximum absolute atomic E-state index is 15.0. The highest BCUT2D eigenvalue weighted by molar-refractivity contribution is 8.00. The molecule has 3 N–H and O–H groups in total. The summed E-state index contributed by atoms with van der Waals surface area (Å²) in [5, 5.41) is 8.51. The number of nitrogen functional groups attached to an aromatic ring is 1. The van der Waals surface area contributed by atoms with Crippen LogP contribution in [0.25, 0.3) is 0 Å². The van der Waals surface area contributed by atoms with Crippen LogP contribution in [0.2, 0.25) is 0 Å². The zero-order valence-electron chi connectivity index (χ0n) is 20.9. The van der Waals surface area contributed by atoms with Crippen LogP contribution in [0.4, 0.5) is 10.2 Å². The lowest BCUT2D eigenvalue weighted by Crippen LogP contribution is -2.33. The fraction of sp³-hybridized carbons (Fsp3) is 0.522. The van der Waals surface area contributed by atoms with Gasteiger partial charge in [-0.2, -0.15) is 4.98 Å². The van der Waals surface area contributed by atoms with Crippen LogP contribution in [0.3, 0.4) is 0 Å². The van der Waals surface area contributed by atoms with E-state index in [2.05, 4.69) is 4.98 Å². The van der Waals surface area contributed by atoms with Crippen molar-refractivity contribution in [3.8, 4) is 17.2 Å². The Morgan fingerprint density at radius 1 is 1.32 bits per heavy atom. The predicted molar refractivity (Wildman–Crippen MR) is 136 cm³/mol. The molecule has 0 saturated carbocycles. The van der Waals surface area contributed by atoms with E-state index >= 15 is 0 Å². The molecular formula is C23H29FN3O9PS. The largest absolute Gasteiger partial charge is 0.463 e. The van der Waals surface area contributed by atoms with Gasteiger partial charge in [0.2, 0.25) is 6.79 Å². The van der Waals surface area contributed by atoms with Crippen LogP contribution in [-0.2, 0) is 18.6 Å². The second-order valence-corrected chi connectivity index (χ2v) is 12.5. The van der Waals surface area contributed by atoms with Gasteiger partial charge in [0.25, 0.3) is 0 Å². The summed E-state index contributed by atoms with van der Waals surface area (Å²) in [6.45, 7) is 4.53. The number of halogens is 1. The Labute approximate surface area is 222 Å². The molecule has 12 nitrogen and oxygen atoms in total. The van der Waals surface area contributed by atoms with Gasteiger partial charge in [-0.15, -0.1) is 11.8 Å². The molecule has 1 aromatic carbocycles. The van der Waals surface area contributed by atoms with E-state index in [1.54, 1.807) is 19.9 Å². The van der Waals surface area contributed by atoms with Crippen LogP contribution >= 0.6 is 19.4 Å². The zero-order chi connectivity index (χ0) is 27.6. The third-order valence-electron chi connectivity index (χ3n) is 5.70. The summed E-state index contributed by atoms with van der Waals surface area (Å²) in [5.41, 5.74) is 4.73. The van der Waals surface area contributed by atoms with Crippen LogP contribution in [0.15, 0.2) is 35.3 Å². The van der Waals surface area contributed by atoms with Gasteiger partial charge in [-0.3, -0.25) is 13.9 Å². The van der Waals surface area contributed by atoms with Gasteiger partial charge in [0.05, 0.1) is 30.0 Å². The summed E-state index contributed by atoms with van der Waals surface area (Å²) in [6, 6.07) is 5.90. The summed E-state index contributed by atoms with van der Waals surface area (Å²) < 4.78 is 57.2. The molecule has 0 bridgehead atoms. The van der Waals surface area contributed by atoms with E-state index in [0.29, 0.717) is 11.5 Å². The molecule has 1 fully saturated rings. The Bertz CT molecular complexity index is 1280. The Morgan fingerprint density at radius 2 is 2.05 bits per heavy atom. The number of hydrogen-bond donors (Lipinski definition) is 2. The lowest BCUT2D eigenvalue weighted by Gasteiger charge is -2.24. The number of hydrogen-bond acceptors (Lipinski definition) is 12. The highest BCUT2D eigenvalue weighted by atomic mass is 32.2. The van der Waals surface area contributed by atoms with E-state index in [4.69, 9.17) is 29.0 Å². The Morgan fingerprint density at radius 3 is 2.76 bits per heavy atom. The number of carbonyl (C=O) groups excluding carboxylic acids is 1. The molecule has 15 heteroatoms. The Kier molecular flexibility index (Phi) is 8.55. The van der Waals surface area contributed by atoms with Gasteiger partial charge in [-0.05, 0) is 32.0 Å². The first-order chi connectivity index (χ1) is 18.0. The van der Waals surface area contributed by atoms with Crippen molar-refractivity contribution in [2.45, 2.75) is 49.8 Å². The topological polar surface area (TPSA) is 161 Å². The van der Waals surface area contributed by atoms with Crippen molar-refractivity contribution in [1.82, 2.24) is 9.55 Å². The van der Waals surface area contributed by atoms with Crippen LogP contribution < -0.4 is 25.4 Å². The molecule has 38 heavy (non-hydrogen) atoms. The molecule has 2 aromatic rings. The van der Waals surface area contributed by atoms with Crippen molar-refractivity contribution in [2.24, 2.45) is 5.92 Å². The number of aromatic nitrogens is 2. The number of rotatable bonds is 10. The van der Waals surface area contributed by atoms with Gasteiger partial charge >= 0.3 is 19.3 Å². The molecule has 0 unspecified atom stereocenters. The molecule has 2 aliphatic heterocycles. The minimum atomic E-state index is -4.07. The maximum atomic E-state index is 15.0. The van der Waals surface area contributed by atoms with Crippen LogP contribution in [0, 0.1) is 5.92 Å². The monoisotopic (exact) mass is 573 g/mol. The van der Waals surface area contributed by atoms with Crippen molar-refractivity contribution in [3.05, 3.63) is 40.9 Å². The smallest absolute Gasteiger partial charge is 0.380 e. The van der Waals surface area contributed by atoms with Crippen molar-refractivity contribution >= 4 is 31.1 Å². The number of nitrogens with zero attached hydrogens (tertiary/aromatic N) is 2. The number of anilines is 1. The number of carbonyl (C=O) groups is 1. The summed E-state index contributed by atoms with van der Waals surface area (Å²) in [4.78, 5) is 28.2. The standard InChI is InChI=1S/C23H29FN3O9PS/c1-12(2)35-22(29)13(3)10-37(31,36-14-4-5-15-16(8-14)33-11-32-15)34-9-17-20(28)19(24)21(38-17)27-7-6-18(25)26-23(27)30/h4-8,12-13,17,19-21,28H,9-11H2,1-3H3,(H2,25,26,30)/t13-,17-,19+,20-,21-,37-/m1/s1. The van der Waals surface area contributed by atoms with Gasteiger partial charge < -0.3 is 29.6 Å². The summed E-state index contributed by atoms with van der Waals surface area (Å²) >= 11 is 0.924. The number of aliphatic hydroxyl groups is 1. The molecule has 4 rings (SSSR count). The van der Waals surface area contributed by atoms with E-state index in [9.17, 15) is 23.7 Å². The van der Waals surface area contributed by atoms with Gasteiger partial charge in [0.15, 0.2) is 17.7 Å². The van der Waals surface area contributed by atoms with Crippen LogP contribution in [0.1, 0.15) is 26.1 Å². The summed E-state index contributed by atoms with van der Waals surface area (Å²) in [6.07, 6.45) is -2.82. The van der Waals surface area contributed by atoms with Crippen LogP contribution in [-0.4, -0.2) is 63.8 Å². The fourth-order valence-electron chi connectivity index (χ4n) is 3.84. The Hall–Kier alpha value is -2.80. The molecule has 208 valence electrons. The summed E-state index contributed by atoms with van der Waals surface area (Å²) in [5.74, 6) is -0.459. The average Bonchev–Trinajstić information content (AvgIpc) is 3.42. The minimum Gasteiger partial charge on any atom is -0.463 e. The number of nitrogens with two attached hydrogens (primary N) is 1. The molecule has 1 saturated heterocycles. The van der Waals surface area contributed by atoms with Crippen molar-refractivity contribution in [1.29, 1.82) is 0 Å². The molecule has 0 spiro atoms. The summed E-state index contributed by atoms with van der Waals surface area (Å²) in [7, 11) is -4.07. The number of aliphatic hydroxyl groups excluding tert-OH is 1. The number of benzene rings is 1. The molecule has 6 atom stereocenters. The van der Waals surface area contributed by atoms with E-state index in [-0.39, 0.29) is 30.6 Å². The van der Waals surface area contributed by atoms with Crippen molar-refractivity contribution in [2.75, 3.05) is 25.3 Å². The first-order valence-electron chi connectivity index (χ1n) is 11.8. The second kappa shape index (κ2) is 11.5. The quantitative estimate of drug-likeness (QED) is 0.316. The van der Waals surface area contributed by atoms with E-state index in [1.807, 2.05) is 0 Å². The van der Waals surface area contributed by atoms with Gasteiger partial charge in [-0.1, -0.05) is 6.92 Å². The third-order valence-corrected chi connectivity index (χ3v) is 9.25. The number of thioether (sulfide) groups is 1. The van der Waals surface area contributed by atoms with E-state index in [0.717, 1.165) is 16.3 Å². The maximum Gasteiger partial charge on any atom is 0.380 e. The second-order valence-electron chi connectivity index (χ2n) is 9.12. The molecule has 0 amide bonds.